The van der Waals surface area contributed by atoms with Gasteiger partial charge >= 0.3 is 6.18 Å². The van der Waals surface area contributed by atoms with Gasteiger partial charge in [0.2, 0.25) is 5.91 Å². The number of hydrogen-bond donors (Lipinski definition) is 1. The second-order valence-corrected chi connectivity index (χ2v) is 5.77. The number of nitrogens with one attached hydrogen (secondary N) is 1. The number of unbranched alkanes of at least 4 members (excludes halogenated alkanes) is 2. The smallest absolute Gasteiger partial charge is 0.433 e. The van der Waals surface area contributed by atoms with Crippen molar-refractivity contribution in [2.75, 3.05) is 11.9 Å². The first-order valence-corrected chi connectivity index (χ1v) is 8.34. The van der Waals surface area contributed by atoms with Gasteiger partial charge < -0.3 is 10.1 Å². The third-order valence-corrected chi connectivity index (χ3v) is 3.61. The van der Waals surface area contributed by atoms with E-state index in [2.05, 4.69) is 10.3 Å². The van der Waals surface area contributed by atoms with E-state index in [1.54, 1.807) is 24.3 Å². The highest BCUT2D eigenvalue weighted by Crippen LogP contribution is 2.28. The molecule has 8 heteroatoms. The number of carbonyl (C=O) groups is 1. The van der Waals surface area contributed by atoms with E-state index in [-0.39, 0.29) is 18.0 Å². The summed E-state index contributed by atoms with van der Waals surface area (Å²) in [4.78, 5) is 15.1. The summed E-state index contributed by atoms with van der Waals surface area (Å²) >= 11 is 0. The Hall–Kier alpha value is -3.08. The van der Waals surface area contributed by atoms with Crippen LogP contribution in [0.5, 0.6) is 5.75 Å². The molecule has 1 amide bonds. The zero-order valence-corrected chi connectivity index (χ0v) is 14.4. The number of anilines is 1. The molecule has 0 aliphatic rings. The van der Waals surface area contributed by atoms with Crippen molar-refractivity contribution >= 4 is 11.6 Å². The standard InChI is InChI=1S/C19H18F3N3O2/c20-19(21,22)17-12-15(8-9-24-17)25-18(26)7-2-1-3-10-27-16-6-4-5-14(11-16)13-23/h4-6,8-9,11-12H,1-3,7,10H2,(H,24,25,26). The first-order chi connectivity index (χ1) is 12.9. The van der Waals surface area contributed by atoms with Crippen LogP contribution in [0.15, 0.2) is 42.6 Å². The lowest BCUT2D eigenvalue weighted by molar-refractivity contribution is -0.141. The largest absolute Gasteiger partial charge is 0.494 e. The maximum atomic E-state index is 12.6. The lowest BCUT2D eigenvalue weighted by Gasteiger charge is -2.09. The molecule has 1 heterocycles. The second-order valence-electron chi connectivity index (χ2n) is 5.77. The fraction of sp³-hybridized carbons (Fsp3) is 0.316. The van der Waals surface area contributed by atoms with Crippen molar-refractivity contribution in [2.24, 2.45) is 0 Å². The number of ether oxygens (including phenoxy) is 1. The summed E-state index contributed by atoms with van der Waals surface area (Å²) in [6, 6.07) is 11.0. The summed E-state index contributed by atoms with van der Waals surface area (Å²) in [6.07, 6.45) is -1.30. The summed E-state index contributed by atoms with van der Waals surface area (Å²) in [5.41, 5.74) is -0.449. The molecule has 1 aromatic carbocycles. The van der Waals surface area contributed by atoms with Gasteiger partial charge in [-0.05, 0) is 49.6 Å². The first kappa shape index (κ1) is 20.2. The Balaban J connectivity index is 1.66. The molecule has 142 valence electrons. The zero-order valence-electron chi connectivity index (χ0n) is 14.4. The Morgan fingerprint density at radius 3 is 2.74 bits per heavy atom. The molecule has 27 heavy (non-hydrogen) atoms. The number of alkyl halides is 3. The van der Waals surface area contributed by atoms with Gasteiger partial charge in [-0.1, -0.05) is 6.07 Å². The molecule has 0 fully saturated rings. The molecule has 5 nitrogen and oxygen atoms in total. The summed E-state index contributed by atoms with van der Waals surface area (Å²) in [5.74, 6) is 0.266. The topological polar surface area (TPSA) is 75.0 Å². The molecule has 1 N–H and O–H groups in total. The average molecular weight is 377 g/mol. The summed E-state index contributed by atoms with van der Waals surface area (Å²) in [7, 11) is 0. The van der Waals surface area contributed by atoms with Crippen molar-refractivity contribution in [3.8, 4) is 11.8 Å². The summed E-state index contributed by atoms with van der Waals surface area (Å²) < 4.78 is 43.3. The highest BCUT2D eigenvalue weighted by molar-refractivity contribution is 5.90. The number of aromatic nitrogens is 1. The van der Waals surface area contributed by atoms with Gasteiger partial charge in [0, 0.05) is 18.3 Å². The lowest BCUT2D eigenvalue weighted by Crippen LogP contribution is -2.13. The molecule has 0 spiro atoms. The zero-order chi connectivity index (χ0) is 19.7. The number of nitriles is 1. The van der Waals surface area contributed by atoms with Crippen LogP contribution in [0.25, 0.3) is 0 Å². The molecule has 0 radical (unpaired) electrons. The van der Waals surface area contributed by atoms with Gasteiger partial charge in [0.15, 0.2) is 0 Å². The van der Waals surface area contributed by atoms with Gasteiger partial charge in [-0.2, -0.15) is 18.4 Å². The van der Waals surface area contributed by atoms with E-state index in [9.17, 15) is 18.0 Å². The number of benzene rings is 1. The SMILES string of the molecule is N#Cc1cccc(OCCCCCC(=O)Nc2ccnc(C(F)(F)F)c2)c1. The van der Waals surface area contributed by atoms with Crippen LogP contribution in [0.2, 0.25) is 0 Å². The minimum absolute atomic E-state index is 0.0723. The molecular weight excluding hydrogens is 359 g/mol. The van der Waals surface area contributed by atoms with Crippen molar-refractivity contribution in [1.82, 2.24) is 4.98 Å². The van der Waals surface area contributed by atoms with E-state index in [1.165, 1.54) is 6.07 Å². The Bertz CT molecular complexity index is 816. The molecule has 0 atom stereocenters. The fourth-order valence-electron chi connectivity index (χ4n) is 2.30. The van der Waals surface area contributed by atoms with Crippen molar-refractivity contribution in [3.63, 3.8) is 0 Å². The van der Waals surface area contributed by atoms with Gasteiger partial charge in [0.1, 0.15) is 11.4 Å². The molecule has 0 saturated carbocycles. The Labute approximate surface area is 154 Å². The summed E-state index contributed by atoms with van der Waals surface area (Å²) in [6.45, 7) is 0.454. The van der Waals surface area contributed by atoms with E-state index in [4.69, 9.17) is 10.00 Å². The number of hydrogen-bond acceptors (Lipinski definition) is 4. The van der Waals surface area contributed by atoms with Crippen LogP contribution in [0.1, 0.15) is 36.9 Å². The van der Waals surface area contributed by atoms with E-state index in [1.807, 2.05) is 6.07 Å². The van der Waals surface area contributed by atoms with Crippen molar-refractivity contribution in [3.05, 3.63) is 53.9 Å². The predicted octanol–water partition coefficient (Wildman–Crippen LogP) is 4.55. The number of amides is 1. The van der Waals surface area contributed by atoms with Crippen molar-refractivity contribution in [2.45, 2.75) is 31.9 Å². The third kappa shape index (κ3) is 6.98. The van der Waals surface area contributed by atoms with E-state index in [0.717, 1.165) is 25.1 Å². The van der Waals surface area contributed by atoms with Gasteiger partial charge in [0.05, 0.1) is 18.2 Å². The molecule has 0 aliphatic heterocycles. The van der Waals surface area contributed by atoms with Crippen molar-refractivity contribution in [1.29, 1.82) is 5.26 Å². The lowest BCUT2D eigenvalue weighted by atomic mass is 10.2. The van der Waals surface area contributed by atoms with Crippen LogP contribution in [-0.4, -0.2) is 17.5 Å². The molecule has 2 aromatic rings. The molecule has 0 saturated heterocycles. The Morgan fingerprint density at radius 2 is 2.00 bits per heavy atom. The van der Waals surface area contributed by atoms with Crippen LogP contribution in [-0.2, 0) is 11.0 Å². The van der Waals surface area contributed by atoms with Crippen LogP contribution < -0.4 is 10.1 Å². The van der Waals surface area contributed by atoms with Crippen molar-refractivity contribution < 1.29 is 22.7 Å². The summed E-state index contributed by atoms with van der Waals surface area (Å²) in [5, 5.41) is 11.3. The van der Waals surface area contributed by atoms with E-state index < -0.39 is 11.9 Å². The highest BCUT2D eigenvalue weighted by Gasteiger charge is 2.32. The second kappa shape index (κ2) is 9.57. The minimum Gasteiger partial charge on any atom is -0.494 e. The maximum Gasteiger partial charge on any atom is 0.433 e. The molecule has 1 aromatic heterocycles. The van der Waals surface area contributed by atoms with Crippen LogP contribution in [0, 0.1) is 11.3 Å². The Morgan fingerprint density at radius 1 is 1.19 bits per heavy atom. The van der Waals surface area contributed by atoms with Crippen LogP contribution in [0.3, 0.4) is 0 Å². The molecule has 0 unspecified atom stereocenters. The number of nitrogens with zero attached hydrogens (tertiary/aromatic N) is 2. The molecule has 0 bridgehead atoms. The monoisotopic (exact) mass is 377 g/mol. The third-order valence-electron chi connectivity index (χ3n) is 3.61. The van der Waals surface area contributed by atoms with Crippen LogP contribution >= 0.6 is 0 Å². The quantitative estimate of drug-likeness (QED) is 0.685. The van der Waals surface area contributed by atoms with Gasteiger partial charge in [-0.3, -0.25) is 9.78 Å². The van der Waals surface area contributed by atoms with Gasteiger partial charge in [0.25, 0.3) is 0 Å². The molecule has 0 aliphatic carbocycles. The Kier molecular flexibility index (Phi) is 7.17. The van der Waals surface area contributed by atoms with Gasteiger partial charge in [-0.25, -0.2) is 0 Å². The maximum absolute atomic E-state index is 12.6. The predicted molar refractivity (Wildman–Crippen MR) is 93.0 cm³/mol. The van der Waals surface area contributed by atoms with Crippen LogP contribution in [0.4, 0.5) is 18.9 Å². The number of pyridine rings is 1. The number of halogens is 3. The van der Waals surface area contributed by atoms with Gasteiger partial charge in [-0.15, -0.1) is 0 Å². The number of carbonyl (C=O) groups excluding carboxylic acids is 1. The average Bonchev–Trinajstić information content (AvgIpc) is 2.64. The first-order valence-electron chi connectivity index (χ1n) is 8.34. The van der Waals surface area contributed by atoms with E-state index >= 15 is 0 Å². The fourth-order valence-corrected chi connectivity index (χ4v) is 2.30. The molecular formula is C19H18F3N3O2. The highest BCUT2D eigenvalue weighted by atomic mass is 19.4. The van der Waals surface area contributed by atoms with E-state index in [0.29, 0.717) is 24.3 Å². The normalized spacial score (nSPS) is 10.9. The number of rotatable bonds is 8. The minimum atomic E-state index is -4.55. The molecule has 2 rings (SSSR count).